The highest BCUT2D eigenvalue weighted by atomic mass is 35.5. The van der Waals surface area contributed by atoms with Crippen LogP contribution in [0.1, 0.15) is 34.7 Å². The number of pyridine rings is 1. The Bertz CT molecular complexity index is 954. The van der Waals surface area contributed by atoms with Crippen LogP contribution in [-0.4, -0.2) is 15.5 Å². The molecule has 1 unspecified atom stereocenters. The van der Waals surface area contributed by atoms with Gasteiger partial charge in [0.2, 0.25) is 0 Å². The minimum Gasteiger partial charge on any atom is -0.344 e. The van der Waals surface area contributed by atoms with E-state index >= 15 is 0 Å². The highest BCUT2D eigenvalue weighted by Crippen LogP contribution is 2.23. The molecule has 0 radical (unpaired) electrons. The fourth-order valence-corrected chi connectivity index (χ4v) is 2.77. The summed E-state index contributed by atoms with van der Waals surface area (Å²) in [5.74, 6) is -0.179. The summed E-state index contributed by atoms with van der Waals surface area (Å²) in [7, 11) is 1.83. The summed E-state index contributed by atoms with van der Waals surface area (Å²) < 4.78 is 1.82. The molecule has 0 aliphatic carbocycles. The first-order valence-corrected chi connectivity index (χ1v) is 7.79. The number of carbonyl (C=O) groups excluding carboxylic acids is 1. The minimum absolute atomic E-state index is 0.179. The first kappa shape index (κ1) is 16.0. The summed E-state index contributed by atoms with van der Waals surface area (Å²) in [6.07, 6.45) is 1.60. The van der Waals surface area contributed by atoms with E-state index in [2.05, 4.69) is 10.3 Å². The molecule has 2 heterocycles. The molecule has 5 nitrogen and oxygen atoms in total. The molecular formula is C18H15ClN4O. The van der Waals surface area contributed by atoms with Gasteiger partial charge in [0.25, 0.3) is 5.91 Å². The minimum atomic E-state index is -0.223. The van der Waals surface area contributed by atoms with E-state index in [-0.39, 0.29) is 11.9 Å². The Labute approximate surface area is 144 Å². The molecule has 0 aliphatic heterocycles. The van der Waals surface area contributed by atoms with E-state index in [0.717, 1.165) is 16.5 Å². The van der Waals surface area contributed by atoms with Gasteiger partial charge in [-0.15, -0.1) is 0 Å². The standard InChI is InChI=1S/C18H15ClN4O/c1-11(13-4-6-15(9-20)21-10-13)22-18(24)17-7-12-3-5-14(19)8-16(12)23(17)2/h3-8,10-11H,1-2H3,(H,22,24). The third-order valence-corrected chi connectivity index (χ3v) is 4.22. The lowest BCUT2D eigenvalue weighted by molar-refractivity contribution is 0.0932. The third-order valence-electron chi connectivity index (χ3n) is 3.99. The van der Waals surface area contributed by atoms with E-state index in [1.54, 1.807) is 24.4 Å². The number of hydrogen-bond acceptors (Lipinski definition) is 3. The third kappa shape index (κ3) is 2.97. The number of rotatable bonds is 3. The van der Waals surface area contributed by atoms with Crippen LogP contribution in [0.2, 0.25) is 5.02 Å². The molecule has 3 rings (SSSR count). The van der Waals surface area contributed by atoms with Crippen molar-refractivity contribution in [1.82, 2.24) is 14.9 Å². The summed E-state index contributed by atoms with van der Waals surface area (Å²) in [5, 5.41) is 13.3. The number of aryl methyl sites for hydroxylation is 1. The maximum Gasteiger partial charge on any atom is 0.268 e. The molecule has 120 valence electrons. The second-order valence-corrected chi connectivity index (χ2v) is 6.01. The number of benzene rings is 1. The Hall–Kier alpha value is -2.84. The molecule has 6 heteroatoms. The molecule has 0 spiro atoms. The van der Waals surface area contributed by atoms with Gasteiger partial charge in [0.15, 0.2) is 0 Å². The number of carbonyl (C=O) groups is 1. The largest absolute Gasteiger partial charge is 0.344 e. The summed E-state index contributed by atoms with van der Waals surface area (Å²) in [6.45, 7) is 1.88. The molecule has 3 aromatic rings. The van der Waals surface area contributed by atoms with Crippen LogP contribution in [0, 0.1) is 11.3 Å². The predicted molar refractivity (Wildman–Crippen MR) is 92.8 cm³/mol. The molecule has 1 aromatic carbocycles. The summed E-state index contributed by atoms with van der Waals surface area (Å²) in [4.78, 5) is 16.6. The van der Waals surface area contributed by atoms with Crippen molar-refractivity contribution in [3.63, 3.8) is 0 Å². The molecule has 0 bridgehead atoms. The van der Waals surface area contributed by atoms with Crippen molar-refractivity contribution < 1.29 is 4.79 Å². The monoisotopic (exact) mass is 338 g/mol. The lowest BCUT2D eigenvalue weighted by Crippen LogP contribution is -2.28. The van der Waals surface area contributed by atoms with Crippen molar-refractivity contribution in [3.05, 3.63) is 64.6 Å². The van der Waals surface area contributed by atoms with Gasteiger partial charge in [-0.25, -0.2) is 4.98 Å². The highest BCUT2D eigenvalue weighted by Gasteiger charge is 2.16. The average Bonchev–Trinajstić information content (AvgIpc) is 2.91. The van der Waals surface area contributed by atoms with Crippen LogP contribution in [0.15, 0.2) is 42.6 Å². The van der Waals surface area contributed by atoms with E-state index in [0.29, 0.717) is 16.4 Å². The zero-order valence-electron chi connectivity index (χ0n) is 13.2. The van der Waals surface area contributed by atoms with Crippen LogP contribution in [0.4, 0.5) is 0 Å². The van der Waals surface area contributed by atoms with Crippen molar-refractivity contribution >= 4 is 28.4 Å². The number of fused-ring (bicyclic) bond motifs is 1. The second-order valence-electron chi connectivity index (χ2n) is 5.58. The normalized spacial score (nSPS) is 11.9. The summed E-state index contributed by atoms with van der Waals surface area (Å²) in [6, 6.07) is 12.5. The van der Waals surface area contributed by atoms with Crippen molar-refractivity contribution in [2.45, 2.75) is 13.0 Å². The van der Waals surface area contributed by atoms with Crippen LogP contribution in [0.5, 0.6) is 0 Å². The van der Waals surface area contributed by atoms with Crippen molar-refractivity contribution in [1.29, 1.82) is 5.26 Å². The Morgan fingerprint density at radius 1 is 1.33 bits per heavy atom. The molecular weight excluding hydrogens is 324 g/mol. The Morgan fingerprint density at radius 2 is 2.12 bits per heavy atom. The number of hydrogen-bond donors (Lipinski definition) is 1. The molecule has 0 aliphatic rings. The smallest absolute Gasteiger partial charge is 0.268 e. The molecule has 2 aromatic heterocycles. The predicted octanol–water partition coefficient (Wildman–Crippen LogP) is 3.59. The van der Waals surface area contributed by atoms with Gasteiger partial charge in [0, 0.05) is 29.2 Å². The molecule has 1 N–H and O–H groups in total. The van der Waals surface area contributed by atoms with E-state index in [1.807, 2.05) is 42.8 Å². The van der Waals surface area contributed by atoms with Gasteiger partial charge in [-0.05, 0) is 36.8 Å². The van der Waals surface area contributed by atoms with E-state index in [4.69, 9.17) is 16.9 Å². The maximum atomic E-state index is 12.6. The van der Waals surface area contributed by atoms with Gasteiger partial charge in [-0.2, -0.15) is 5.26 Å². The quantitative estimate of drug-likeness (QED) is 0.793. The average molecular weight is 339 g/mol. The number of aromatic nitrogens is 2. The van der Waals surface area contributed by atoms with Gasteiger partial charge in [0.1, 0.15) is 17.5 Å². The highest BCUT2D eigenvalue weighted by molar-refractivity contribution is 6.31. The van der Waals surface area contributed by atoms with Crippen molar-refractivity contribution in [2.24, 2.45) is 7.05 Å². The number of halogens is 1. The summed E-state index contributed by atoms with van der Waals surface area (Å²) >= 11 is 6.02. The van der Waals surface area contributed by atoms with Crippen LogP contribution in [0.3, 0.4) is 0 Å². The molecule has 0 saturated heterocycles. The number of nitriles is 1. The van der Waals surface area contributed by atoms with Crippen LogP contribution >= 0.6 is 11.6 Å². The lowest BCUT2D eigenvalue weighted by atomic mass is 10.1. The Balaban J connectivity index is 1.84. The van der Waals surface area contributed by atoms with Gasteiger partial charge >= 0.3 is 0 Å². The fourth-order valence-electron chi connectivity index (χ4n) is 2.60. The van der Waals surface area contributed by atoms with Gasteiger partial charge in [-0.3, -0.25) is 4.79 Å². The summed E-state index contributed by atoms with van der Waals surface area (Å²) in [5.41, 5.74) is 2.65. The number of nitrogens with zero attached hydrogens (tertiary/aromatic N) is 3. The van der Waals surface area contributed by atoms with E-state index in [1.165, 1.54) is 0 Å². The van der Waals surface area contributed by atoms with Crippen LogP contribution < -0.4 is 5.32 Å². The maximum absolute atomic E-state index is 12.6. The molecule has 1 atom stereocenters. The molecule has 0 fully saturated rings. The molecule has 1 amide bonds. The topological polar surface area (TPSA) is 70.7 Å². The SMILES string of the molecule is CC(NC(=O)c1cc2ccc(Cl)cc2n1C)c1ccc(C#N)nc1. The first-order chi connectivity index (χ1) is 11.5. The van der Waals surface area contributed by atoms with Crippen molar-refractivity contribution in [2.75, 3.05) is 0 Å². The van der Waals surface area contributed by atoms with Gasteiger partial charge < -0.3 is 9.88 Å². The van der Waals surface area contributed by atoms with Crippen molar-refractivity contribution in [3.8, 4) is 6.07 Å². The Morgan fingerprint density at radius 3 is 2.79 bits per heavy atom. The molecule has 24 heavy (non-hydrogen) atoms. The first-order valence-electron chi connectivity index (χ1n) is 7.41. The van der Waals surface area contributed by atoms with Gasteiger partial charge in [-0.1, -0.05) is 23.7 Å². The second kappa shape index (κ2) is 6.34. The lowest BCUT2D eigenvalue weighted by Gasteiger charge is -2.14. The Kier molecular flexibility index (Phi) is 4.24. The van der Waals surface area contributed by atoms with E-state index < -0.39 is 0 Å². The van der Waals surface area contributed by atoms with Gasteiger partial charge in [0.05, 0.1) is 6.04 Å². The van der Waals surface area contributed by atoms with Crippen LogP contribution in [-0.2, 0) is 7.05 Å². The zero-order chi connectivity index (χ0) is 17.3. The number of amides is 1. The molecule has 0 saturated carbocycles. The number of nitrogens with one attached hydrogen (secondary N) is 1. The van der Waals surface area contributed by atoms with Crippen LogP contribution in [0.25, 0.3) is 10.9 Å². The zero-order valence-corrected chi connectivity index (χ0v) is 14.0. The fraction of sp³-hybridized carbons (Fsp3) is 0.167. The van der Waals surface area contributed by atoms with E-state index in [9.17, 15) is 4.79 Å².